The normalized spacial score (nSPS) is 15.7. The molecule has 1 fully saturated rings. The molecule has 0 saturated carbocycles. The first kappa shape index (κ1) is 19.6. The van der Waals surface area contributed by atoms with E-state index in [2.05, 4.69) is 33.2 Å². The number of hydrogen-bond acceptors (Lipinski definition) is 4. The first-order valence-electron chi connectivity index (χ1n) is 9.23. The molecule has 1 aromatic carbocycles. The molecule has 27 heavy (non-hydrogen) atoms. The number of aryl methyl sites for hydroxylation is 1. The maximum absolute atomic E-state index is 13.0. The molecule has 2 heterocycles. The Morgan fingerprint density at radius 3 is 2.48 bits per heavy atom. The lowest BCUT2D eigenvalue weighted by atomic mass is 9.95. The highest BCUT2D eigenvalue weighted by atomic mass is 79.9. The van der Waals surface area contributed by atoms with Crippen LogP contribution in [0.5, 0.6) is 0 Å². The Morgan fingerprint density at radius 1 is 1.19 bits per heavy atom. The summed E-state index contributed by atoms with van der Waals surface area (Å²) in [4.78, 5) is 29.0. The summed E-state index contributed by atoms with van der Waals surface area (Å²) < 4.78 is 6.08. The first-order chi connectivity index (χ1) is 13.0. The van der Waals surface area contributed by atoms with Gasteiger partial charge in [0, 0.05) is 42.6 Å². The average Bonchev–Trinajstić information content (AvgIpc) is 3.11. The topological polar surface area (TPSA) is 66.7 Å². The summed E-state index contributed by atoms with van der Waals surface area (Å²) in [6.07, 6.45) is 1.52. The van der Waals surface area contributed by atoms with Crippen molar-refractivity contribution in [2.45, 2.75) is 26.7 Å². The van der Waals surface area contributed by atoms with E-state index in [1.54, 1.807) is 17.9 Å². The molecule has 6 nitrogen and oxygen atoms in total. The second kappa shape index (κ2) is 8.69. The highest BCUT2D eigenvalue weighted by Gasteiger charge is 2.29. The summed E-state index contributed by atoms with van der Waals surface area (Å²) in [5.41, 5.74) is 1.84. The van der Waals surface area contributed by atoms with Crippen molar-refractivity contribution >= 4 is 27.7 Å². The molecule has 7 heteroatoms. The number of nitrogens with zero attached hydrogens (tertiary/aromatic N) is 3. The lowest BCUT2D eigenvalue weighted by Crippen LogP contribution is -2.52. The van der Waals surface area contributed by atoms with Crippen LogP contribution in [-0.2, 0) is 11.2 Å². The molecule has 144 valence electrons. The molecular weight excluding hydrogens is 410 g/mol. The third-order valence-corrected chi connectivity index (χ3v) is 5.42. The molecule has 1 aliphatic rings. The number of carbonyl (C=O) groups excluding carboxylic acids is 2. The zero-order valence-electron chi connectivity index (χ0n) is 15.7. The largest absolute Gasteiger partial charge is 0.351 e. The van der Waals surface area contributed by atoms with Crippen LogP contribution in [0, 0.1) is 12.8 Å². The van der Waals surface area contributed by atoms with Gasteiger partial charge in [0.25, 0.3) is 5.91 Å². The molecule has 1 aliphatic heterocycles. The molecule has 1 unspecified atom stereocenters. The number of aromatic nitrogens is 1. The van der Waals surface area contributed by atoms with Crippen molar-refractivity contribution in [3.05, 3.63) is 51.8 Å². The molecule has 0 spiro atoms. The van der Waals surface area contributed by atoms with Gasteiger partial charge in [-0.3, -0.25) is 9.59 Å². The van der Waals surface area contributed by atoms with Crippen LogP contribution in [0.1, 0.15) is 35.2 Å². The molecule has 0 bridgehead atoms. The van der Waals surface area contributed by atoms with Crippen LogP contribution in [0.2, 0.25) is 0 Å². The summed E-state index contributed by atoms with van der Waals surface area (Å²) in [6.45, 7) is 5.95. The van der Waals surface area contributed by atoms with Gasteiger partial charge in [-0.25, -0.2) is 0 Å². The summed E-state index contributed by atoms with van der Waals surface area (Å²) >= 11 is 3.48. The van der Waals surface area contributed by atoms with Gasteiger partial charge in [0.05, 0.1) is 5.69 Å². The number of hydrogen-bond donors (Lipinski definition) is 0. The van der Waals surface area contributed by atoms with Crippen LogP contribution < -0.4 is 0 Å². The van der Waals surface area contributed by atoms with Gasteiger partial charge in [-0.2, -0.15) is 0 Å². The molecule has 2 aromatic rings. The van der Waals surface area contributed by atoms with E-state index < -0.39 is 0 Å². The Labute approximate surface area is 167 Å². The maximum atomic E-state index is 13.0. The van der Waals surface area contributed by atoms with Crippen LogP contribution in [0.15, 0.2) is 39.3 Å². The van der Waals surface area contributed by atoms with Crippen molar-refractivity contribution in [2.24, 2.45) is 5.92 Å². The maximum Gasteiger partial charge on any atom is 0.292 e. The fraction of sp³-hybridized carbons (Fsp3) is 0.450. The van der Waals surface area contributed by atoms with Gasteiger partial charge in [0.15, 0.2) is 0 Å². The summed E-state index contributed by atoms with van der Waals surface area (Å²) in [5, 5.41) is 3.77. The molecule has 3 rings (SSSR count). The Balaban J connectivity index is 1.57. The van der Waals surface area contributed by atoms with E-state index in [4.69, 9.17) is 4.52 Å². The van der Waals surface area contributed by atoms with Crippen LogP contribution in [0.3, 0.4) is 0 Å². The monoisotopic (exact) mass is 433 g/mol. The van der Waals surface area contributed by atoms with E-state index in [-0.39, 0.29) is 23.5 Å². The predicted octanol–water partition coefficient (Wildman–Crippen LogP) is 3.30. The number of piperazine rings is 1. The van der Waals surface area contributed by atoms with Crippen LogP contribution in [0.4, 0.5) is 0 Å². The van der Waals surface area contributed by atoms with Crippen LogP contribution in [0.25, 0.3) is 0 Å². The summed E-state index contributed by atoms with van der Waals surface area (Å²) in [5.74, 6) is 0.218. The van der Waals surface area contributed by atoms with E-state index >= 15 is 0 Å². The smallest absolute Gasteiger partial charge is 0.292 e. The SMILES string of the molecule is CCC(Cc1cccc(Br)c1)C(=O)N1CCN(C(=O)c2cc(C)no2)CC1. The summed E-state index contributed by atoms with van der Waals surface area (Å²) in [7, 11) is 0. The number of halogens is 1. The first-order valence-corrected chi connectivity index (χ1v) is 10.0. The molecule has 0 radical (unpaired) electrons. The van der Waals surface area contributed by atoms with Crippen molar-refractivity contribution in [1.82, 2.24) is 15.0 Å². The number of carbonyl (C=O) groups is 2. The third-order valence-electron chi connectivity index (χ3n) is 4.93. The fourth-order valence-electron chi connectivity index (χ4n) is 3.36. The highest BCUT2D eigenvalue weighted by molar-refractivity contribution is 9.10. The number of amides is 2. The minimum Gasteiger partial charge on any atom is -0.351 e. The van der Waals surface area contributed by atoms with Crippen molar-refractivity contribution in [3.63, 3.8) is 0 Å². The lowest BCUT2D eigenvalue weighted by molar-refractivity contribution is -0.137. The predicted molar refractivity (Wildman–Crippen MR) is 105 cm³/mol. The fourth-order valence-corrected chi connectivity index (χ4v) is 3.81. The molecule has 1 atom stereocenters. The van der Waals surface area contributed by atoms with E-state index in [0.29, 0.717) is 31.9 Å². The third kappa shape index (κ3) is 4.77. The molecule has 0 N–H and O–H groups in total. The highest BCUT2D eigenvalue weighted by Crippen LogP contribution is 2.20. The van der Waals surface area contributed by atoms with E-state index in [9.17, 15) is 9.59 Å². The van der Waals surface area contributed by atoms with Gasteiger partial charge in [-0.15, -0.1) is 0 Å². The zero-order chi connectivity index (χ0) is 19.4. The minimum absolute atomic E-state index is 0.0431. The van der Waals surface area contributed by atoms with Crippen LogP contribution in [-0.4, -0.2) is 52.9 Å². The van der Waals surface area contributed by atoms with Gasteiger partial charge in [-0.1, -0.05) is 40.1 Å². The van der Waals surface area contributed by atoms with Crippen LogP contribution >= 0.6 is 15.9 Å². The van der Waals surface area contributed by atoms with Crippen molar-refractivity contribution in [2.75, 3.05) is 26.2 Å². The van der Waals surface area contributed by atoms with Crippen molar-refractivity contribution < 1.29 is 14.1 Å². The van der Waals surface area contributed by atoms with Gasteiger partial charge >= 0.3 is 0 Å². The quantitative estimate of drug-likeness (QED) is 0.725. The van der Waals surface area contributed by atoms with E-state index in [1.165, 1.54) is 0 Å². The number of rotatable bonds is 5. The van der Waals surface area contributed by atoms with Crippen molar-refractivity contribution in [1.29, 1.82) is 0 Å². The van der Waals surface area contributed by atoms with Gasteiger partial charge < -0.3 is 14.3 Å². The molecule has 1 saturated heterocycles. The second-order valence-electron chi connectivity index (χ2n) is 6.89. The second-order valence-corrected chi connectivity index (χ2v) is 7.80. The molecule has 2 amide bonds. The Bertz CT molecular complexity index is 812. The molecular formula is C20H24BrN3O3. The van der Waals surface area contributed by atoms with E-state index in [1.807, 2.05) is 24.0 Å². The van der Waals surface area contributed by atoms with Gasteiger partial charge in [-0.05, 0) is 37.5 Å². The zero-order valence-corrected chi connectivity index (χ0v) is 17.2. The Kier molecular flexibility index (Phi) is 6.31. The molecule has 0 aliphatic carbocycles. The minimum atomic E-state index is -0.163. The van der Waals surface area contributed by atoms with Crippen molar-refractivity contribution in [3.8, 4) is 0 Å². The van der Waals surface area contributed by atoms with Gasteiger partial charge in [0.2, 0.25) is 11.7 Å². The number of benzene rings is 1. The average molecular weight is 434 g/mol. The Hall–Kier alpha value is -2.15. The standard InChI is InChI=1S/C20H24BrN3O3/c1-3-16(12-15-5-4-6-17(21)13-15)19(25)23-7-9-24(10-8-23)20(26)18-11-14(2)22-27-18/h4-6,11,13,16H,3,7-10,12H2,1-2H3. The Morgan fingerprint density at radius 2 is 1.89 bits per heavy atom. The lowest BCUT2D eigenvalue weighted by Gasteiger charge is -2.36. The van der Waals surface area contributed by atoms with E-state index in [0.717, 1.165) is 22.9 Å². The summed E-state index contributed by atoms with van der Waals surface area (Å²) in [6, 6.07) is 9.73. The molecule has 1 aromatic heterocycles. The van der Waals surface area contributed by atoms with Gasteiger partial charge in [0.1, 0.15) is 0 Å².